The summed E-state index contributed by atoms with van der Waals surface area (Å²) in [6.45, 7) is 8.51. The lowest BCUT2D eigenvalue weighted by atomic mass is 10.2. The van der Waals surface area contributed by atoms with Crippen molar-refractivity contribution < 1.29 is 23.8 Å². The van der Waals surface area contributed by atoms with Gasteiger partial charge in [-0.25, -0.2) is 14.6 Å². The van der Waals surface area contributed by atoms with Gasteiger partial charge in [-0.1, -0.05) is 11.6 Å². The summed E-state index contributed by atoms with van der Waals surface area (Å²) in [6, 6.07) is 3.98. The second kappa shape index (κ2) is 10.7. The molecule has 10 nitrogen and oxygen atoms in total. The number of nitrogens with zero attached hydrogens (tertiary/aromatic N) is 3. The molecule has 0 aliphatic carbocycles. The Balaban J connectivity index is 1.66. The highest BCUT2D eigenvalue weighted by molar-refractivity contribution is 6.31. The first-order valence-electron chi connectivity index (χ1n) is 10.5. The molecule has 1 aliphatic heterocycles. The molecule has 2 aromatic rings. The maximum absolute atomic E-state index is 12.6. The Morgan fingerprint density at radius 1 is 1.24 bits per heavy atom. The summed E-state index contributed by atoms with van der Waals surface area (Å²) in [5.41, 5.74) is 0.489. The summed E-state index contributed by atoms with van der Waals surface area (Å²) in [5, 5.41) is 5.73. The van der Waals surface area contributed by atoms with E-state index in [2.05, 4.69) is 20.6 Å². The summed E-state index contributed by atoms with van der Waals surface area (Å²) < 4.78 is 17.0. The number of urea groups is 1. The fourth-order valence-electron chi connectivity index (χ4n) is 2.99. The molecule has 1 aromatic carbocycles. The lowest BCUT2D eigenvalue weighted by Crippen LogP contribution is -2.52. The Morgan fingerprint density at radius 3 is 2.73 bits per heavy atom. The number of morpholine rings is 1. The fourth-order valence-corrected chi connectivity index (χ4v) is 3.16. The van der Waals surface area contributed by atoms with Gasteiger partial charge in [0.25, 0.3) is 0 Å². The zero-order valence-electron chi connectivity index (χ0n) is 19.1. The van der Waals surface area contributed by atoms with Crippen molar-refractivity contribution in [2.24, 2.45) is 0 Å². The topological polar surface area (TPSA) is 115 Å². The van der Waals surface area contributed by atoms with Crippen LogP contribution in [-0.2, 0) is 9.47 Å². The van der Waals surface area contributed by atoms with Crippen LogP contribution < -0.4 is 15.4 Å². The van der Waals surface area contributed by atoms with Crippen molar-refractivity contribution in [3.63, 3.8) is 0 Å². The number of anilines is 2. The Morgan fingerprint density at radius 2 is 2.03 bits per heavy atom. The van der Waals surface area contributed by atoms with E-state index < -0.39 is 17.7 Å². The molecule has 1 atom stereocenters. The van der Waals surface area contributed by atoms with Crippen molar-refractivity contribution in [2.45, 2.75) is 39.3 Å². The second-order valence-corrected chi connectivity index (χ2v) is 8.91. The average Bonchev–Trinajstić information content (AvgIpc) is 2.74. The molecule has 0 radical (unpaired) electrons. The summed E-state index contributed by atoms with van der Waals surface area (Å²) in [5.74, 6) is 0.689. The third-order valence-corrected chi connectivity index (χ3v) is 4.73. The highest BCUT2D eigenvalue weighted by atomic mass is 35.5. The minimum atomic E-state index is -0.608. The maximum atomic E-state index is 12.6. The number of amides is 3. The van der Waals surface area contributed by atoms with Crippen LogP contribution in [0.15, 0.2) is 30.6 Å². The van der Waals surface area contributed by atoms with Crippen molar-refractivity contribution in [1.29, 1.82) is 0 Å². The molecule has 3 rings (SSSR count). The van der Waals surface area contributed by atoms with Crippen LogP contribution in [0.5, 0.6) is 5.75 Å². The molecule has 2 N–H and O–H groups in total. The number of hydrogen-bond acceptors (Lipinski definition) is 7. The van der Waals surface area contributed by atoms with Gasteiger partial charge in [0.2, 0.25) is 0 Å². The Hall–Kier alpha value is -3.11. The highest BCUT2D eigenvalue weighted by Crippen LogP contribution is 2.29. The number of benzene rings is 1. The van der Waals surface area contributed by atoms with Crippen molar-refractivity contribution in [2.75, 3.05) is 37.0 Å². The first-order chi connectivity index (χ1) is 15.6. The van der Waals surface area contributed by atoms with Crippen molar-refractivity contribution >= 4 is 35.2 Å². The van der Waals surface area contributed by atoms with E-state index in [1.165, 1.54) is 6.20 Å². The van der Waals surface area contributed by atoms with Crippen LogP contribution in [0.4, 0.5) is 21.1 Å². The lowest BCUT2D eigenvalue weighted by molar-refractivity contribution is -0.0417. The Labute approximate surface area is 197 Å². The molecule has 11 heteroatoms. The average molecular weight is 478 g/mol. The van der Waals surface area contributed by atoms with Gasteiger partial charge in [-0.2, -0.15) is 0 Å². The van der Waals surface area contributed by atoms with Gasteiger partial charge in [-0.3, -0.25) is 15.2 Å². The van der Waals surface area contributed by atoms with Gasteiger partial charge in [0.1, 0.15) is 18.0 Å². The molecular weight excluding hydrogens is 450 g/mol. The van der Waals surface area contributed by atoms with Gasteiger partial charge < -0.3 is 19.5 Å². The summed E-state index contributed by atoms with van der Waals surface area (Å²) in [6.07, 6.45) is 2.58. The number of halogens is 1. The molecule has 3 amide bonds. The number of carbonyl (C=O) groups is 2. The van der Waals surface area contributed by atoms with Crippen LogP contribution in [0.1, 0.15) is 26.5 Å². The number of aryl methyl sites for hydroxylation is 1. The van der Waals surface area contributed by atoms with E-state index in [9.17, 15) is 9.59 Å². The van der Waals surface area contributed by atoms with E-state index in [4.69, 9.17) is 25.8 Å². The number of ether oxygens (including phenoxy) is 3. The largest absolute Gasteiger partial charge is 0.489 e. The monoisotopic (exact) mass is 477 g/mol. The minimum absolute atomic E-state index is 0.139. The number of hydrogen-bond donors (Lipinski definition) is 2. The van der Waals surface area contributed by atoms with Gasteiger partial charge in [0, 0.05) is 11.6 Å². The van der Waals surface area contributed by atoms with Crippen molar-refractivity contribution in [3.8, 4) is 5.75 Å². The van der Waals surface area contributed by atoms with E-state index in [1.54, 1.807) is 36.2 Å². The van der Waals surface area contributed by atoms with Gasteiger partial charge in [0.05, 0.1) is 43.0 Å². The summed E-state index contributed by atoms with van der Waals surface area (Å²) in [7, 11) is 0. The van der Waals surface area contributed by atoms with Gasteiger partial charge >= 0.3 is 12.1 Å². The summed E-state index contributed by atoms with van der Waals surface area (Å²) >= 11 is 6.11. The lowest BCUT2D eigenvalue weighted by Gasteiger charge is -2.36. The Kier molecular flexibility index (Phi) is 7.93. The molecule has 0 unspecified atom stereocenters. The van der Waals surface area contributed by atoms with Crippen LogP contribution in [-0.4, -0.2) is 65.0 Å². The first-order valence-corrected chi connectivity index (χ1v) is 10.8. The molecule has 0 bridgehead atoms. The normalized spacial score (nSPS) is 16.2. The van der Waals surface area contributed by atoms with E-state index in [-0.39, 0.29) is 12.6 Å². The zero-order valence-corrected chi connectivity index (χ0v) is 19.8. The molecule has 2 heterocycles. The predicted octanol–water partition coefficient (Wildman–Crippen LogP) is 4.10. The molecular formula is C22H28ClN5O5. The molecule has 1 fully saturated rings. The molecule has 1 aromatic heterocycles. The van der Waals surface area contributed by atoms with Crippen molar-refractivity contribution in [1.82, 2.24) is 14.9 Å². The maximum Gasteiger partial charge on any atom is 0.410 e. The third-order valence-electron chi connectivity index (χ3n) is 4.50. The highest BCUT2D eigenvalue weighted by Gasteiger charge is 2.31. The van der Waals surface area contributed by atoms with Crippen LogP contribution in [0.3, 0.4) is 0 Å². The Bertz CT molecular complexity index is 980. The van der Waals surface area contributed by atoms with Crippen LogP contribution in [0.2, 0.25) is 5.02 Å². The number of rotatable bonds is 5. The van der Waals surface area contributed by atoms with E-state index in [1.807, 2.05) is 20.8 Å². The molecule has 178 valence electrons. The van der Waals surface area contributed by atoms with Crippen LogP contribution in [0, 0.1) is 6.92 Å². The quantitative estimate of drug-likeness (QED) is 0.666. The van der Waals surface area contributed by atoms with E-state index in [0.29, 0.717) is 42.0 Å². The summed E-state index contributed by atoms with van der Waals surface area (Å²) in [4.78, 5) is 34.8. The van der Waals surface area contributed by atoms with Crippen LogP contribution in [0.25, 0.3) is 0 Å². The zero-order chi connectivity index (χ0) is 24.0. The van der Waals surface area contributed by atoms with Gasteiger partial charge in [0.15, 0.2) is 5.82 Å². The fraction of sp³-hybridized carbons (Fsp3) is 0.455. The second-order valence-electron chi connectivity index (χ2n) is 8.48. The predicted molar refractivity (Wildman–Crippen MR) is 124 cm³/mol. The van der Waals surface area contributed by atoms with Crippen LogP contribution >= 0.6 is 11.6 Å². The molecule has 0 spiro atoms. The SMILES string of the molecule is Cc1cnc(NC(=O)Nc2cc(Cl)ccc2OC[C@H]2COCCN2C(=O)OC(C)(C)C)cn1. The van der Waals surface area contributed by atoms with Gasteiger partial charge in [-0.15, -0.1) is 0 Å². The number of aromatic nitrogens is 2. The molecule has 33 heavy (non-hydrogen) atoms. The standard InChI is InChI=1S/C22H28ClN5O5/c1-14-10-25-19(11-24-14)27-20(29)26-17-9-15(23)5-6-18(17)32-13-16-12-31-8-7-28(16)21(30)33-22(2,3)4/h5-6,9-11,16H,7-8,12-13H2,1-4H3,(H2,25,26,27,29)/t16-/m1/s1. The van der Waals surface area contributed by atoms with Gasteiger partial charge in [-0.05, 0) is 45.9 Å². The third kappa shape index (κ3) is 7.47. The minimum Gasteiger partial charge on any atom is -0.489 e. The molecule has 1 saturated heterocycles. The van der Waals surface area contributed by atoms with Crippen molar-refractivity contribution in [3.05, 3.63) is 41.3 Å². The molecule has 0 saturated carbocycles. The van der Waals surface area contributed by atoms with E-state index in [0.717, 1.165) is 5.69 Å². The smallest absolute Gasteiger partial charge is 0.410 e. The van der Waals surface area contributed by atoms with E-state index >= 15 is 0 Å². The number of nitrogens with one attached hydrogen (secondary N) is 2. The first kappa shape index (κ1) is 24.5. The molecule has 1 aliphatic rings. The number of carbonyl (C=O) groups excluding carboxylic acids is 2.